The molecule has 0 saturated carbocycles. The quantitative estimate of drug-likeness (QED) is 0.697. The van der Waals surface area contributed by atoms with Crippen molar-refractivity contribution in [1.29, 1.82) is 0 Å². The third-order valence-corrected chi connectivity index (χ3v) is 5.97. The summed E-state index contributed by atoms with van der Waals surface area (Å²) in [5.74, 6) is -1.01. The van der Waals surface area contributed by atoms with Crippen LogP contribution in [0.1, 0.15) is 31.7 Å². The number of rotatable bonds is 7. The molecule has 0 bridgehead atoms. The number of halogens is 1. The molecular weight excluding hydrogens is 337 g/mol. The number of hydrogen-bond acceptors (Lipinski definition) is 5. The van der Waals surface area contributed by atoms with Crippen LogP contribution >= 0.6 is 0 Å². The van der Waals surface area contributed by atoms with Crippen molar-refractivity contribution in [1.82, 2.24) is 4.31 Å². The summed E-state index contributed by atoms with van der Waals surface area (Å²) in [6.45, 7) is 2.00. The van der Waals surface area contributed by atoms with Crippen LogP contribution in [0.2, 0.25) is 0 Å². The van der Waals surface area contributed by atoms with E-state index in [-0.39, 0.29) is 18.1 Å². The van der Waals surface area contributed by atoms with Crippen molar-refractivity contribution in [3.63, 3.8) is 0 Å². The minimum atomic E-state index is -3.45. The van der Waals surface area contributed by atoms with E-state index in [4.69, 9.17) is 9.47 Å². The Morgan fingerprint density at radius 2 is 2.17 bits per heavy atom. The zero-order valence-corrected chi connectivity index (χ0v) is 14.6. The Balaban J connectivity index is 2.00. The Hall–Kier alpha value is -1.67. The van der Waals surface area contributed by atoms with Crippen LogP contribution in [0.25, 0.3) is 0 Å². The topological polar surface area (TPSA) is 72.9 Å². The van der Waals surface area contributed by atoms with Crippen LogP contribution < -0.4 is 4.74 Å². The lowest BCUT2D eigenvalue weighted by molar-refractivity contribution is -0.148. The van der Waals surface area contributed by atoms with Gasteiger partial charge in [-0.3, -0.25) is 4.79 Å². The van der Waals surface area contributed by atoms with Gasteiger partial charge in [0, 0.05) is 6.54 Å². The first kappa shape index (κ1) is 18.7. The minimum absolute atomic E-state index is 0.0144. The van der Waals surface area contributed by atoms with Crippen molar-refractivity contribution < 1.29 is 27.1 Å². The molecule has 2 rings (SSSR count). The van der Waals surface area contributed by atoms with Gasteiger partial charge in [0.2, 0.25) is 10.0 Å². The molecule has 1 fully saturated rings. The highest BCUT2D eigenvalue weighted by molar-refractivity contribution is 7.89. The molecule has 1 aliphatic rings. The Bertz CT molecular complexity index is 692. The van der Waals surface area contributed by atoms with Gasteiger partial charge in [-0.25, -0.2) is 12.8 Å². The van der Waals surface area contributed by atoms with Gasteiger partial charge in [-0.05, 0) is 37.0 Å². The average Bonchev–Trinajstić information content (AvgIpc) is 3.03. The van der Waals surface area contributed by atoms with Gasteiger partial charge in [0.1, 0.15) is 12.6 Å². The fraction of sp³-hybridized carbons (Fsp3) is 0.562. The van der Waals surface area contributed by atoms with Gasteiger partial charge in [0.25, 0.3) is 0 Å². The molecule has 8 heteroatoms. The van der Waals surface area contributed by atoms with Gasteiger partial charge in [0.05, 0.1) is 12.9 Å². The summed E-state index contributed by atoms with van der Waals surface area (Å²) in [6.07, 6.45) is 1.56. The van der Waals surface area contributed by atoms with E-state index in [2.05, 4.69) is 0 Å². The lowest BCUT2D eigenvalue weighted by Gasteiger charge is -2.22. The second-order valence-electron chi connectivity index (χ2n) is 5.66. The molecule has 0 aromatic heterocycles. The molecule has 0 aliphatic carbocycles. The number of esters is 1. The number of methoxy groups -OCH3 is 1. The number of ether oxygens (including phenoxy) is 2. The van der Waals surface area contributed by atoms with Gasteiger partial charge in [0.15, 0.2) is 11.6 Å². The van der Waals surface area contributed by atoms with Gasteiger partial charge in [-0.15, -0.1) is 0 Å². The first-order chi connectivity index (χ1) is 11.4. The van der Waals surface area contributed by atoms with Gasteiger partial charge < -0.3 is 9.47 Å². The molecule has 0 amide bonds. The minimum Gasteiger partial charge on any atom is -0.494 e. The van der Waals surface area contributed by atoms with Gasteiger partial charge in [-0.1, -0.05) is 13.0 Å². The van der Waals surface area contributed by atoms with Crippen molar-refractivity contribution in [3.05, 3.63) is 29.6 Å². The first-order valence-corrected chi connectivity index (χ1v) is 9.48. The second kappa shape index (κ2) is 7.94. The fourth-order valence-electron chi connectivity index (χ4n) is 2.73. The summed E-state index contributed by atoms with van der Waals surface area (Å²) in [6, 6.07) is 3.48. The predicted octanol–water partition coefficient (Wildman–Crippen LogP) is 2.08. The fourth-order valence-corrected chi connectivity index (χ4v) is 4.47. The number of carbonyl (C=O) groups is 1. The van der Waals surface area contributed by atoms with Crippen molar-refractivity contribution in [2.24, 2.45) is 0 Å². The van der Waals surface area contributed by atoms with Crippen LogP contribution in [-0.4, -0.2) is 44.1 Å². The molecule has 0 spiro atoms. The maximum atomic E-state index is 13.6. The van der Waals surface area contributed by atoms with E-state index < -0.39 is 27.9 Å². The van der Waals surface area contributed by atoms with E-state index in [0.717, 1.165) is 0 Å². The number of benzene rings is 1. The second-order valence-corrected chi connectivity index (χ2v) is 7.70. The Morgan fingerprint density at radius 1 is 1.42 bits per heavy atom. The smallest absolute Gasteiger partial charge is 0.324 e. The number of sulfonamides is 1. The molecule has 1 unspecified atom stereocenters. The molecule has 1 aromatic carbocycles. The van der Waals surface area contributed by atoms with Crippen LogP contribution in [0.4, 0.5) is 4.39 Å². The Kier molecular flexibility index (Phi) is 6.17. The zero-order valence-electron chi connectivity index (χ0n) is 13.8. The third kappa shape index (κ3) is 4.24. The molecule has 0 radical (unpaired) electrons. The summed E-state index contributed by atoms with van der Waals surface area (Å²) < 4.78 is 49.3. The lowest BCUT2D eigenvalue weighted by atomic mass is 10.2. The van der Waals surface area contributed by atoms with E-state index in [1.54, 1.807) is 13.0 Å². The molecule has 24 heavy (non-hydrogen) atoms. The van der Waals surface area contributed by atoms with Crippen molar-refractivity contribution in [2.75, 3.05) is 19.4 Å². The number of carbonyl (C=O) groups excluding carboxylic acids is 1. The maximum absolute atomic E-state index is 13.6. The molecule has 1 saturated heterocycles. The number of hydrogen-bond donors (Lipinski definition) is 0. The standard InChI is InChI=1S/C16H22FNO5S/c1-3-9-24(20,21)18-8-4-5-14(18)16(19)23-11-12-6-7-15(22-2)13(17)10-12/h6-7,10,14H,3-5,8-9,11H2,1-2H3. The van der Waals surface area contributed by atoms with Crippen LogP contribution in [-0.2, 0) is 26.2 Å². The van der Waals surface area contributed by atoms with E-state index in [0.29, 0.717) is 31.4 Å². The highest BCUT2D eigenvalue weighted by Gasteiger charge is 2.39. The summed E-state index contributed by atoms with van der Waals surface area (Å²) in [4.78, 5) is 12.2. The summed E-state index contributed by atoms with van der Waals surface area (Å²) in [5.41, 5.74) is 0.475. The van der Waals surface area contributed by atoms with Crippen LogP contribution in [0.3, 0.4) is 0 Å². The third-order valence-electron chi connectivity index (χ3n) is 3.89. The molecule has 134 valence electrons. The lowest BCUT2D eigenvalue weighted by Crippen LogP contribution is -2.42. The molecule has 1 aromatic rings. The Labute approximate surface area is 141 Å². The maximum Gasteiger partial charge on any atom is 0.324 e. The highest BCUT2D eigenvalue weighted by Crippen LogP contribution is 2.24. The van der Waals surface area contributed by atoms with Crippen molar-refractivity contribution >= 4 is 16.0 Å². The molecule has 6 nitrogen and oxygen atoms in total. The zero-order chi connectivity index (χ0) is 17.7. The highest BCUT2D eigenvalue weighted by atomic mass is 32.2. The largest absolute Gasteiger partial charge is 0.494 e. The van der Waals surface area contributed by atoms with Crippen LogP contribution in [0, 0.1) is 5.82 Å². The molecule has 1 aliphatic heterocycles. The predicted molar refractivity (Wildman–Crippen MR) is 86.6 cm³/mol. The van der Waals surface area contributed by atoms with Crippen LogP contribution in [0.15, 0.2) is 18.2 Å². The Morgan fingerprint density at radius 3 is 2.79 bits per heavy atom. The molecular formula is C16H22FNO5S. The molecule has 1 atom stereocenters. The normalized spacial score (nSPS) is 18.5. The van der Waals surface area contributed by atoms with Crippen molar-refractivity contribution in [2.45, 2.75) is 38.8 Å². The van der Waals surface area contributed by atoms with E-state index >= 15 is 0 Å². The number of nitrogens with zero attached hydrogens (tertiary/aromatic N) is 1. The average molecular weight is 359 g/mol. The SMILES string of the molecule is CCCS(=O)(=O)N1CCCC1C(=O)OCc1ccc(OC)c(F)c1. The van der Waals surface area contributed by atoms with Gasteiger partial charge in [-0.2, -0.15) is 4.31 Å². The molecule has 0 N–H and O–H groups in total. The van der Waals surface area contributed by atoms with E-state index in [1.165, 1.54) is 23.5 Å². The summed E-state index contributed by atoms with van der Waals surface area (Å²) in [7, 11) is -2.08. The van der Waals surface area contributed by atoms with Crippen LogP contribution in [0.5, 0.6) is 5.75 Å². The summed E-state index contributed by atoms with van der Waals surface area (Å²) in [5, 5.41) is 0. The first-order valence-electron chi connectivity index (χ1n) is 7.87. The van der Waals surface area contributed by atoms with E-state index in [9.17, 15) is 17.6 Å². The van der Waals surface area contributed by atoms with Gasteiger partial charge >= 0.3 is 5.97 Å². The monoisotopic (exact) mass is 359 g/mol. The van der Waals surface area contributed by atoms with E-state index in [1.807, 2.05) is 0 Å². The summed E-state index contributed by atoms with van der Waals surface area (Å²) >= 11 is 0. The molecule has 1 heterocycles. The van der Waals surface area contributed by atoms with Crippen molar-refractivity contribution in [3.8, 4) is 5.75 Å².